The van der Waals surface area contributed by atoms with Crippen molar-refractivity contribution < 1.29 is 37.1 Å². The molecule has 0 saturated heterocycles. The maximum absolute atomic E-state index is 13.8. The largest absolute Gasteiger partial charge is 0.449 e. The Bertz CT molecular complexity index is 1450. The summed E-state index contributed by atoms with van der Waals surface area (Å²) in [6, 6.07) is 10.6. The van der Waals surface area contributed by atoms with E-state index < -0.39 is 52.9 Å². The number of rotatable bonds is 5. The molecule has 3 aromatic carbocycles. The molecule has 0 bridgehead atoms. The summed E-state index contributed by atoms with van der Waals surface area (Å²) in [6.07, 6.45) is -1.46. The molecular weight excluding hydrogens is 477 g/mol. The predicted octanol–water partition coefficient (Wildman–Crippen LogP) is 4.71. The summed E-state index contributed by atoms with van der Waals surface area (Å²) in [5.74, 6) is -7.92. The van der Waals surface area contributed by atoms with E-state index in [0.29, 0.717) is 17.3 Å². The van der Waals surface area contributed by atoms with Gasteiger partial charge in [0.15, 0.2) is 23.6 Å². The number of imide groups is 1. The minimum atomic E-state index is -1.76. The Morgan fingerprint density at radius 3 is 2.31 bits per heavy atom. The predicted molar refractivity (Wildman–Crippen MR) is 123 cm³/mol. The fourth-order valence-corrected chi connectivity index (χ4v) is 3.69. The number of amides is 3. The summed E-state index contributed by atoms with van der Waals surface area (Å²) in [7, 11) is 0. The van der Waals surface area contributed by atoms with Crippen LogP contribution in [0.4, 0.5) is 24.5 Å². The van der Waals surface area contributed by atoms with Crippen LogP contribution < -0.4 is 10.2 Å². The van der Waals surface area contributed by atoms with E-state index in [1.165, 1.54) is 25.1 Å². The zero-order valence-electron chi connectivity index (χ0n) is 19.3. The van der Waals surface area contributed by atoms with Crippen molar-refractivity contribution in [3.63, 3.8) is 0 Å². The molecule has 36 heavy (non-hydrogen) atoms. The molecule has 184 valence electrons. The van der Waals surface area contributed by atoms with Crippen molar-refractivity contribution in [2.24, 2.45) is 0 Å². The highest BCUT2D eigenvalue weighted by atomic mass is 19.2. The first-order chi connectivity index (χ1) is 17.0. The Morgan fingerprint density at radius 2 is 1.58 bits per heavy atom. The molecule has 1 unspecified atom stereocenters. The molecule has 0 fully saturated rings. The number of fused-ring (bicyclic) bond motifs is 1. The lowest BCUT2D eigenvalue weighted by Gasteiger charge is -2.17. The van der Waals surface area contributed by atoms with Gasteiger partial charge in [-0.1, -0.05) is 12.1 Å². The number of aryl methyl sites for hydroxylation is 2. The molecule has 3 amide bonds. The SMILES string of the molecule is Cc1ccc(C)c(N2C(=O)c3ccc(C(=O)OC(C)C(=O)Nc4ccc(F)c(F)c4F)cc3C2=O)c1. The molecule has 1 aliphatic rings. The van der Waals surface area contributed by atoms with Gasteiger partial charge in [-0.05, 0) is 68.3 Å². The van der Waals surface area contributed by atoms with Crippen molar-refractivity contribution in [3.8, 4) is 0 Å². The van der Waals surface area contributed by atoms with Crippen LogP contribution in [-0.2, 0) is 9.53 Å². The minimum absolute atomic E-state index is 0.00341. The standard InChI is InChI=1S/C26H19F3N2O5/c1-12-4-5-13(2)20(10-12)31-24(33)16-7-6-15(11-17(16)25(31)34)26(35)36-14(3)23(32)30-19-9-8-18(27)21(28)22(19)29/h4-11,14H,1-3H3,(H,30,32). The van der Waals surface area contributed by atoms with E-state index in [4.69, 9.17) is 4.74 Å². The number of hydrogen-bond acceptors (Lipinski definition) is 5. The summed E-state index contributed by atoms with van der Waals surface area (Å²) in [4.78, 5) is 51.9. The van der Waals surface area contributed by atoms with Crippen LogP contribution in [0.5, 0.6) is 0 Å². The third-order valence-electron chi connectivity index (χ3n) is 5.67. The Kier molecular flexibility index (Phi) is 6.36. The van der Waals surface area contributed by atoms with E-state index in [1.807, 2.05) is 18.3 Å². The van der Waals surface area contributed by atoms with Gasteiger partial charge < -0.3 is 10.1 Å². The fourth-order valence-electron chi connectivity index (χ4n) is 3.69. The number of anilines is 2. The molecule has 0 spiro atoms. The highest BCUT2D eigenvalue weighted by Crippen LogP contribution is 2.32. The number of esters is 1. The van der Waals surface area contributed by atoms with Crippen LogP contribution in [0.25, 0.3) is 0 Å². The molecule has 1 aliphatic heterocycles. The number of benzene rings is 3. The number of ether oxygens (including phenoxy) is 1. The van der Waals surface area contributed by atoms with Crippen LogP contribution in [-0.4, -0.2) is 29.8 Å². The minimum Gasteiger partial charge on any atom is -0.449 e. The maximum atomic E-state index is 13.8. The topological polar surface area (TPSA) is 92.8 Å². The smallest absolute Gasteiger partial charge is 0.338 e. The highest BCUT2D eigenvalue weighted by molar-refractivity contribution is 6.35. The van der Waals surface area contributed by atoms with Crippen LogP contribution in [0.3, 0.4) is 0 Å². The Morgan fingerprint density at radius 1 is 0.889 bits per heavy atom. The van der Waals surface area contributed by atoms with Gasteiger partial charge in [-0.15, -0.1) is 0 Å². The van der Waals surface area contributed by atoms with Gasteiger partial charge in [0, 0.05) is 0 Å². The third kappa shape index (κ3) is 4.33. The second kappa shape index (κ2) is 9.29. The van der Waals surface area contributed by atoms with E-state index >= 15 is 0 Å². The monoisotopic (exact) mass is 496 g/mol. The molecule has 7 nitrogen and oxygen atoms in total. The van der Waals surface area contributed by atoms with Crippen molar-refractivity contribution in [1.29, 1.82) is 0 Å². The molecule has 0 saturated carbocycles. The average molecular weight is 496 g/mol. The number of nitrogens with one attached hydrogen (secondary N) is 1. The molecule has 3 aromatic rings. The Hall–Kier alpha value is -4.47. The third-order valence-corrected chi connectivity index (χ3v) is 5.67. The molecule has 0 aromatic heterocycles. The van der Waals surface area contributed by atoms with Crippen LogP contribution in [0.2, 0.25) is 0 Å². The summed E-state index contributed by atoms with van der Waals surface area (Å²) < 4.78 is 45.3. The van der Waals surface area contributed by atoms with Gasteiger partial charge in [-0.2, -0.15) is 0 Å². The first-order valence-electron chi connectivity index (χ1n) is 10.7. The number of carbonyl (C=O) groups excluding carboxylic acids is 4. The molecule has 1 atom stereocenters. The number of hydrogen-bond donors (Lipinski definition) is 1. The Labute approximate surface area is 203 Å². The average Bonchev–Trinajstić information content (AvgIpc) is 3.10. The zero-order chi connectivity index (χ0) is 26.3. The maximum Gasteiger partial charge on any atom is 0.338 e. The first-order valence-corrected chi connectivity index (χ1v) is 10.7. The van der Waals surface area contributed by atoms with Gasteiger partial charge in [0.2, 0.25) is 0 Å². The Balaban J connectivity index is 1.51. The molecule has 0 radical (unpaired) electrons. The van der Waals surface area contributed by atoms with E-state index in [1.54, 1.807) is 19.1 Å². The van der Waals surface area contributed by atoms with Crippen LogP contribution in [0, 0.1) is 31.3 Å². The normalized spacial score (nSPS) is 13.4. The van der Waals surface area contributed by atoms with E-state index in [2.05, 4.69) is 0 Å². The van der Waals surface area contributed by atoms with Gasteiger partial charge in [0.1, 0.15) is 0 Å². The van der Waals surface area contributed by atoms with Gasteiger partial charge in [-0.3, -0.25) is 14.4 Å². The lowest BCUT2D eigenvalue weighted by molar-refractivity contribution is -0.123. The van der Waals surface area contributed by atoms with Crippen LogP contribution in [0.1, 0.15) is 49.1 Å². The summed E-state index contributed by atoms with van der Waals surface area (Å²) in [5.41, 5.74) is 1.37. The van der Waals surface area contributed by atoms with Crippen molar-refractivity contribution in [3.05, 3.63) is 93.8 Å². The van der Waals surface area contributed by atoms with Gasteiger partial charge in [0.25, 0.3) is 17.7 Å². The zero-order valence-corrected chi connectivity index (χ0v) is 19.3. The van der Waals surface area contributed by atoms with Crippen molar-refractivity contribution in [1.82, 2.24) is 0 Å². The van der Waals surface area contributed by atoms with Gasteiger partial charge in [-0.25, -0.2) is 22.9 Å². The highest BCUT2D eigenvalue weighted by Gasteiger charge is 2.38. The molecule has 4 rings (SSSR count). The molecule has 1 heterocycles. The van der Waals surface area contributed by atoms with E-state index in [-0.39, 0.29) is 16.7 Å². The second-order valence-corrected chi connectivity index (χ2v) is 8.26. The summed E-state index contributed by atoms with van der Waals surface area (Å²) in [5, 5.41) is 2.02. The van der Waals surface area contributed by atoms with Gasteiger partial charge in [0.05, 0.1) is 28.1 Å². The quantitative estimate of drug-likeness (QED) is 0.314. The van der Waals surface area contributed by atoms with Crippen molar-refractivity contribution in [2.75, 3.05) is 10.2 Å². The van der Waals surface area contributed by atoms with Crippen molar-refractivity contribution >= 4 is 35.1 Å². The van der Waals surface area contributed by atoms with Crippen molar-refractivity contribution in [2.45, 2.75) is 26.9 Å². The molecule has 10 heteroatoms. The van der Waals surface area contributed by atoms with E-state index in [9.17, 15) is 32.3 Å². The number of halogens is 3. The van der Waals surface area contributed by atoms with Crippen LogP contribution >= 0.6 is 0 Å². The fraction of sp³-hybridized carbons (Fsp3) is 0.154. The lowest BCUT2D eigenvalue weighted by Crippen LogP contribution is -2.30. The number of carbonyl (C=O) groups is 4. The van der Waals surface area contributed by atoms with E-state index in [0.717, 1.165) is 16.5 Å². The lowest BCUT2D eigenvalue weighted by atomic mass is 10.1. The molecule has 0 aliphatic carbocycles. The summed E-state index contributed by atoms with van der Waals surface area (Å²) >= 11 is 0. The first kappa shape index (κ1) is 24.6. The molecular formula is C26H19F3N2O5. The number of nitrogens with zero attached hydrogens (tertiary/aromatic N) is 1. The van der Waals surface area contributed by atoms with Crippen LogP contribution in [0.15, 0.2) is 48.5 Å². The van der Waals surface area contributed by atoms with Gasteiger partial charge >= 0.3 is 5.97 Å². The summed E-state index contributed by atoms with van der Waals surface area (Å²) in [6.45, 7) is 4.78. The molecule has 1 N–H and O–H groups in total. The second-order valence-electron chi connectivity index (χ2n) is 8.26.